The topological polar surface area (TPSA) is 46.1 Å². The van der Waals surface area contributed by atoms with Crippen LogP contribution >= 0.6 is 0 Å². The van der Waals surface area contributed by atoms with E-state index >= 15 is 0 Å². The number of amides is 1. The molecule has 1 fully saturated rings. The molecule has 0 aliphatic carbocycles. The number of hydrogen-bond acceptors (Lipinski definition) is 2. The van der Waals surface area contributed by atoms with E-state index in [0.29, 0.717) is 6.54 Å². The van der Waals surface area contributed by atoms with Crippen molar-refractivity contribution in [1.82, 2.24) is 15.2 Å². The first-order valence-corrected chi connectivity index (χ1v) is 5.85. The number of carbonyl (C=O) groups is 1. The van der Waals surface area contributed by atoms with Crippen LogP contribution in [-0.4, -0.2) is 23.6 Å². The minimum atomic E-state index is 0.150. The standard InChI is InChI=1S/C12H19N3O/c1-15-6-4-10(9-15)7-14-12(16)11-3-2-5-13-8-11/h4,6,9,11,13H,2-3,5,7-8H2,1H3,(H,14,16). The molecule has 0 saturated carbocycles. The quantitative estimate of drug-likeness (QED) is 0.787. The van der Waals surface area contributed by atoms with Crippen molar-refractivity contribution in [3.8, 4) is 0 Å². The van der Waals surface area contributed by atoms with E-state index in [9.17, 15) is 4.79 Å². The smallest absolute Gasteiger partial charge is 0.224 e. The van der Waals surface area contributed by atoms with Gasteiger partial charge in [0.2, 0.25) is 5.91 Å². The highest BCUT2D eigenvalue weighted by Gasteiger charge is 2.20. The lowest BCUT2D eigenvalue weighted by atomic mass is 9.99. The molecule has 1 unspecified atom stereocenters. The number of nitrogens with zero attached hydrogens (tertiary/aromatic N) is 1. The van der Waals surface area contributed by atoms with Crippen LogP contribution in [0.4, 0.5) is 0 Å². The summed E-state index contributed by atoms with van der Waals surface area (Å²) >= 11 is 0. The van der Waals surface area contributed by atoms with Crippen LogP contribution in [0.2, 0.25) is 0 Å². The molecule has 1 atom stereocenters. The van der Waals surface area contributed by atoms with Crippen molar-refractivity contribution in [2.75, 3.05) is 13.1 Å². The Bertz CT molecular complexity index is 353. The molecule has 1 saturated heterocycles. The Hall–Kier alpha value is -1.29. The molecule has 1 aliphatic heterocycles. The van der Waals surface area contributed by atoms with Gasteiger partial charge in [-0.2, -0.15) is 0 Å². The number of nitrogens with one attached hydrogen (secondary N) is 2. The van der Waals surface area contributed by atoms with Crippen LogP contribution in [0.25, 0.3) is 0 Å². The Morgan fingerprint density at radius 2 is 2.56 bits per heavy atom. The second-order valence-corrected chi connectivity index (χ2v) is 4.45. The van der Waals surface area contributed by atoms with Crippen LogP contribution < -0.4 is 10.6 Å². The van der Waals surface area contributed by atoms with E-state index < -0.39 is 0 Å². The van der Waals surface area contributed by atoms with E-state index in [1.165, 1.54) is 0 Å². The summed E-state index contributed by atoms with van der Waals surface area (Å²) in [6.45, 7) is 2.50. The lowest BCUT2D eigenvalue weighted by Gasteiger charge is -2.21. The first-order valence-electron chi connectivity index (χ1n) is 5.85. The van der Waals surface area contributed by atoms with Crippen LogP contribution in [0, 0.1) is 5.92 Å². The average Bonchev–Trinajstić information content (AvgIpc) is 2.73. The molecule has 1 aromatic rings. The second-order valence-electron chi connectivity index (χ2n) is 4.45. The number of hydrogen-bond donors (Lipinski definition) is 2. The fourth-order valence-corrected chi connectivity index (χ4v) is 2.07. The molecule has 0 spiro atoms. The molecular formula is C12H19N3O. The summed E-state index contributed by atoms with van der Waals surface area (Å²) in [5, 5.41) is 6.24. The van der Waals surface area contributed by atoms with Crippen molar-refractivity contribution < 1.29 is 4.79 Å². The number of piperidine rings is 1. The molecule has 88 valence electrons. The summed E-state index contributed by atoms with van der Waals surface area (Å²) < 4.78 is 1.99. The van der Waals surface area contributed by atoms with Crippen LogP contribution in [0.5, 0.6) is 0 Å². The van der Waals surface area contributed by atoms with Gasteiger partial charge in [-0.1, -0.05) is 0 Å². The Labute approximate surface area is 96.0 Å². The number of carbonyl (C=O) groups excluding carboxylic acids is 1. The van der Waals surface area contributed by atoms with Crippen LogP contribution in [-0.2, 0) is 18.4 Å². The van der Waals surface area contributed by atoms with E-state index in [1.807, 2.05) is 30.1 Å². The first kappa shape index (κ1) is 11.2. The summed E-state index contributed by atoms with van der Waals surface area (Å²) in [4.78, 5) is 11.8. The summed E-state index contributed by atoms with van der Waals surface area (Å²) in [5.41, 5.74) is 1.15. The Balaban J connectivity index is 1.78. The summed E-state index contributed by atoms with van der Waals surface area (Å²) in [5.74, 6) is 0.327. The maximum atomic E-state index is 11.8. The molecule has 0 radical (unpaired) electrons. The van der Waals surface area contributed by atoms with Crippen molar-refractivity contribution in [3.63, 3.8) is 0 Å². The number of aromatic nitrogens is 1. The summed E-state index contributed by atoms with van der Waals surface area (Å²) in [6, 6.07) is 2.03. The minimum absolute atomic E-state index is 0.150. The van der Waals surface area contributed by atoms with E-state index in [1.54, 1.807) is 0 Å². The minimum Gasteiger partial charge on any atom is -0.357 e. The van der Waals surface area contributed by atoms with Gasteiger partial charge < -0.3 is 15.2 Å². The number of aryl methyl sites for hydroxylation is 1. The third-order valence-corrected chi connectivity index (χ3v) is 3.03. The number of rotatable bonds is 3. The average molecular weight is 221 g/mol. The maximum Gasteiger partial charge on any atom is 0.224 e. The predicted octanol–water partition coefficient (Wildman–Crippen LogP) is 0.641. The summed E-state index contributed by atoms with van der Waals surface area (Å²) in [6.07, 6.45) is 6.13. The molecule has 0 aromatic carbocycles. The zero-order chi connectivity index (χ0) is 11.4. The summed E-state index contributed by atoms with van der Waals surface area (Å²) in [7, 11) is 1.98. The van der Waals surface area contributed by atoms with Gasteiger partial charge in [-0.05, 0) is 31.0 Å². The Morgan fingerprint density at radius 1 is 1.69 bits per heavy atom. The van der Waals surface area contributed by atoms with Gasteiger partial charge in [-0.3, -0.25) is 4.79 Å². The van der Waals surface area contributed by atoms with Crippen molar-refractivity contribution in [3.05, 3.63) is 24.0 Å². The van der Waals surface area contributed by atoms with Crippen LogP contribution in [0.3, 0.4) is 0 Å². The predicted molar refractivity (Wildman–Crippen MR) is 62.9 cm³/mol. The van der Waals surface area contributed by atoms with E-state index in [0.717, 1.165) is 31.5 Å². The van der Waals surface area contributed by atoms with Gasteiger partial charge >= 0.3 is 0 Å². The molecule has 1 aliphatic rings. The molecule has 1 aromatic heterocycles. The van der Waals surface area contributed by atoms with Gasteiger partial charge in [0.05, 0.1) is 5.92 Å². The Kier molecular flexibility index (Phi) is 3.62. The lowest BCUT2D eigenvalue weighted by Crippen LogP contribution is -2.40. The maximum absolute atomic E-state index is 11.8. The van der Waals surface area contributed by atoms with Crippen molar-refractivity contribution in [1.29, 1.82) is 0 Å². The van der Waals surface area contributed by atoms with E-state index in [2.05, 4.69) is 10.6 Å². The molecule has 4 nitrogen and oxygen atoms in total. The highest BCUT2D eigenvalue weighted by molar-refractivity contribution is 5.78. The third-order valence-electron chi connectivity index (χ3n) is 3.03. The van der Waals surface area contributed by atoms with Crippen molar-refractivity contribution in [2.45, 2.75) is 19.4 Å². The van der Waals surface area contributed by atoms with Crippen molar-refractivity contribution >= 4 is 5.91 Å². The fourth-order valence-electron chi connectivity index (χ4n) is 2.07. The molecule has 4 heteroatoms. The molecule has 2 rings (SSSR count). The van der Waals surface area contributed by atoms with Gasteiger partial charge in [-0.25, -0.2) is 0 Å². The molecule has 1 amide bonds. The first-order chi connectivity index (χ1) is 7.75. The van der Waals surface area contributed by atoms with E-state index in [-0.39, 0.29) is 11.8 Å². The lowest BCUT2D eigenvalue weighted by molar-refractivity contribution is -0.125. The normalized spacial score (nSPS) is 20.7. The van der Waals surface area contributed by atoms with Crippen LogP contribution in [0.1, 0.15) is 18.4 Å². The highest BCUT2D eigenvalue weighted by Crippen LogP contribution is 2.10. The van der Waals surface area contributed by atoms with Crippen LogP contribution in [0.15, 0.2) is 18.5 Å². The van der Waals surface area contributed by atoms with E-state index in [4.69, 9.17) is 0 Å². The van der Waals surface area contributed by atoms with Gasteiger partial charge in [0.1, 0.15) is 0 Å². The van der Waals surface area contributed by atoms with Gasteiger partial charge in [-0.15, -0.1) is 0 Å². The monoisotopic (exact) mass is 221 g/mol. The largest absolute Gasteiger partial charge is 0.357 e. The molecular weight excluding hydrogens is 202 g/mol. The second kappa shape index (κ2) is 5.16. The highest BCUT2D eigenvalue weighted by atomic mass is 16.1. The third kappa shape index (κ3) is 2.85. The SMILES string of the molecule is Cn1ccc(CNC(=O)C2CCCNC2)c1. The zero-order valence-corrected chi connectivity index (χ0v) is 9.70. The zero-order valence-electron chi connectivity index (χ0n) is 9.70. The molecule has 2 heterocycles. The fraction of sp³-hybridized carbons (Fsp3) is 0.583. The van der Waals surface area contributed by atoms with Gasteiger partial charge in [0, 0.05) is 32.5 Å². The molecule has 16 heavy (non-hydrogen) atoms. The van der Waals surface area contributed by atoms with Crippen molar-refractivity contribution in [2.24, 2.45) is 13.0 Å². The molecule has 0 bridgehead atoms. The van der Waals surface area contributed by atoms with Gasteiger partial charge in [0.15, 0.2) is 0 Å². The Morgan fingerprint density at radius 3 is 3.19 bits per heavy atom. The molecule has 2 N–H and O–H groups in total. The van der Waals surface area contributed by atoms with Gasteiger partial charge in [0.25, 0.3) is 0 Å².